The molecule has 0 unspecified atom stereocenters. The van der Waals surface area contributed by atoms with Gasteiger partial charge in [-0.1, -0.05) is 24.3 Å². The van der Waals surface area contributed by atoms with Crippen molar-refractivity contribution < 1.29 is 0 Å². The van der Waals surface area contributed by atoms with Crippen molar-refractivity contribution in [1.82, 2.24) is 9.97 Å². The lowest BCUT2D eigenvalue weighted by Gasteiger charge is -1.93. The van der Waals surface area contributed by atoms with Gasteiger partial charge in [0.15, 0.2) is 0 Å². The summed E-state index contributed by atoms with van der Waals surface area (Å²) < 4.78 is 0. The summed E-state index contributed by atoms with van der Waals surface area (Å²) in [6.45, 7) is 0. The molecule has 2 aromatic rings. The van der Waals surface area contributed by atoms with Crippen LogP contribution in [0, 0.1) is 0 Å². The molecular formula is C10H10N2S. The first-order valence-electron chi connectivity index (χ1n) is 4.11. The molecule has 66 valence electrons. The lowest BCUT2D eigenvalue weighted by Crippen LogP contribution is -1.76. The number of para-hydroxylation sites is 1. The monoisotopic (exact) mass is 190 g/mol. The van der Waals surface area contributed by atoms with Crippen molar-refractivity contribution in [1.29, 1.82) is 0 Å². The molecule has 0 aliphatic heterocycles. The SMILES string of the molecule is SCC=Cc1cccc2[nH]cnc12. The van der Waals surface area contributed by atoms with Crippen LogP contribution < -0.4 is 0 Å². The molecule has 0 saturated carbocycles. The highest BCUT2D eigenvalue weighted by molar-refractivity contribution is 7.80. The zero-order chi connectivity index (χ0) is 9.10. The van der Waals surface area contributed by atoms with E-state index in [1.807, 2.05) is 30.4 Å². The molecule has 1 heterocycles. The molecule has 3 heteroatoms. The van der Waals surface area contributed by atoms with E-state index in [2.05, 4.69) is 22.6 Å². The summed E-state index contributed by atoms with van der Waals surface area (Å²) >= 11 is 4.12. The molecule has 2 nitrogen and oxygen atoms in total. The van der Waals surface area contributed by atoms with Gasteiger partial charge in [0.25, 0.3) is 0 Å². The zero-order valence-electron chi connectivity index (χ0n) is 7.07. The average molecular weight is 190 g/mol. The maximum Gasteiger partial charge on any atom is 0.0954 e. The minimum atomic E-state index is 0.751. The van der Waals surface area contributed by atoms with Crippen molar-refractivity contribution in [2.75, 3.05) is 5.75 Å². The Labute approximate surface area is 82.1 Å². The third kappa shape index (κ3) is 1.60. The second kappa shape index (κ2) is 3.66. The second-order valence-electron chi connectivity index (χ2n) is 2.73. The van der Waals surface area contributed by atoms with Gasteiger partial charge < -0.3 is 4.98 Å². The Morgan fingerprint density at radius 1 is 1.46 bits per heavy atom. The largest absolute Gasteiger partial charge is 0.345 e. The van der Waals surface area contributed by atoms with Crippen LogP contribution in [0.5, 0.6) is 0 Å². The number of aromatic amines is 1. The minimum Gasteiger partial charge on any atom is -0.345 e. The molecule has 0 radical (unpaired) electrons. The summed E-state index contributed by atoms with van der Waals surface area (Å²) in [6.07, 6.45) is 5.76. The Morgan fingerprint density at radius 2 is 2.38 bits per heavy atom. The smallest absolute Gasteiger partial charge is 0.0954 e. The van der Waals surface area contributed by atoms with Crippen molar-refractivity contribution in [3.05, 3.63) is 36.2 Å². The fourth-order valence-electron chi connectivity index (χ4n) is 1.30. The summed E-state index contributed by atoms with van der Waals surface area (Å²) in [6, 6.07) is 6.07. The summed E-state index contributed by atoms with van der Waals surface area (Å²) in [5.74, 6) is 0.751. The van der Waals surface area contributed by atoms with Gasteiger partial charge in [0.1, 0.15) is 0 Å². The minimum absolute atomic E-state index is 0.751. The van der Waals surface area contributed by atoms with Crippen molar-refractivity contribution in [2.45, 2.75) is 0 Å². The number of H-pyrrole nitrogens is 1. The quantitative estimate of drug-likeness (QED) is 0.700. The fourth-order valence-corrected chi connectivity index (χ4v) is 1.41. The number of aromatic nitrogens is 2. The number of fused-ring (bicyclic) bond motifs is 1. The second-order valence-corrected chi connectivity index (χ2v) is 3.10. The van der Waals surface area contributed by atoms with Gasteiger partial charge in [-0.05, 0) is 6.07 Å². The van der Waals surface area contributed by atoms with Gasteiger partial charge in [-0.3, -0.25) is 0 Å². The number of nitrogens with zero attached hydrogens (tertiary/aromatic N) is 1. The maximum atomic E-state index is 4.24. The molecule has 1 aromatic carbocycles. The van der Waals surface area contributed by atoms with E-state index in [4.69, 9.17) is 0 Å². The van der Waals surface area contributed by atoms with Crippen LogP contribution >= 0.6 is 12.6 Å². The van der Waals surface area contributed by atoms with E-state index in [1.165, 1.54) is 0 Å². The van der Waals surface area contributed by atoms with E-state index in [1.54, 1.807) is 6.33 Å². The Hall–Kier alpha value is -1.22. The van der Waals surface area contributed by atoms with Crippen LogP contribution in [0.15, 0.2) is 30.6 Å². The van der Waals surface area contributed by atoms with E-state index in [0.29, 0.717) is 0 Å². The Balaban J connectivity index is 2.54. The Kier molecular flexibility index (Phi) is 2.36. The molecule has 0 saturated heterocycles. The number of hydrogen-bond donors (Lipinski definition) is 2. The molecule has 0 aliphatic rings. The molecule has 0 aliphatic carbocycles. The van der Waals surface area contributed by atoms with Crippen LogP contribution in [-0.2, 0) is 0 Å². The van der Waals surface area contributed by atoms with Gasteiger partial charge in [-0.2, -0.15) is 12.6 Å². The van der Waals surface area contributed by atoms with Crippen LogP contribution in [0.1, 0.15) is 5.56 Å². The third-order valence-corrected chi connectivity index (χ3v) is 2.09. The molecule has 0 bridgehead atoms. The zero-order valence-corrected chi connectivity index (χ0v) is 7.96. The van der Waals surface area contributed by atoms with Crippen molar-refractivity contribution in [3.8, 4) is 0 Å². The number of hydrogen-bond acceptors (Lipinski definition) is 2. The lowest BCUT2D eigenvalue weighted by molar-refractivity contribution is 1.34. The Bertz CT molecular complexity index is 431. The summed E-state index contributed by atoms with van der Waals surface area (Å²) in [4.78, 5) is 7.31. The predicted molar refractivity (Wildman–Crippen MR) is 59.0 cm³/mol. The highest BCUT2D eigenvalue weighted by Gasteiger charge is 1.98. The van der Waals surface area contributed by atoms with E-state index in [9.17, 15) is 0 Å². The van der Waals surface area contributed by atoms with Gasteiger partial charge in [-0.15, -0.1) is 0 Å². The molecule has 0 spiro atoms. The van der Waals surface area contributed by atoms with E-state index in [0.717, 1.165) is 22.3 Å². The first-order valence-corrected chi connectivity index (χ1v) is 4.74. The Morgan fingerprint density at radius 3 is 3.23 bits per heavy atom. The molecule has 13 heavy (non-hydrogen) atoms. The number of benzene rings is 1. The maximum absolute atomic E-state index is 4.24. The van der Waals surface area contributed by atoms with Crippen molar-refractivity contribution in [2.24, 2.45) is 0 Å². The average Bonchev–Trinajstić information content (AvgIpc) is 2.62. The van der Waals surface area contributed by atoms with Crippen molar-refractivity contribution in [3.63, 3.8) is 0 Å². The van der Waals surface area contributed by atoms with Gasteiger partial charge in [-0.25, -0.2) is 4.98 Å². The topological polar surface area (TPSA) is 28.7 Å². The molecule has 2 rings (SSSR count). The van der Waals surface area contributed by atoms with E-state index >= 15 is 0 Å². The molecule has 1 aromatic heterocycles. The molecule has 0 atom stereocenters. The van der Waals surface area contributed by atoms with Crippen LogP contribution in [0.3, 0.4) is 0 Å². The number of thiol groups is 1. The number of nitrogens with one attached hydrogen (secondary N) is 1. The first-order chi connectivity index (χ1) is 6.42. The van der Waals surface area contributed by atoms with Gasteiger partial charge in [0.05, 0.1) is 17.4 Å². The van der Waals surface area contributed by atoms with Crippen LogP contribution in [0.2, 0.25) is 0 Å². The normalized spacial score (nSPS) is 11.5. The van der Waals surface area contributed by atoms with Crippen LogP contribution in [-0.4, -0.2) is 15.7 Å². The highest BCUT2D eigenvalue weighted by Crippen LogP contribution is 2.15. The summed E-state index contributed by atoms with van der Waals surface area (Å²) in [7, 11) is 0. The van der Waals surface area contributed by atoms with Crippen LogP contribution in [0.25, 0.3) is 17.1 Å². The summed E-state index contributed by atoms with van der Waals surface area (Å²) in [5, 5.41) is 0. The molecule has 0 fully saturated rings. The van der Waals surface area contributed by atoms with E-state index in [-0.39, 0.29) is 0 Å². The van der Waals surface area contributed by atoms with Gasteiger partial charge in [0.2, 0.25) is 0 Å². The lowest BCUT2D eigenvalue weighted by atomic mass is 10.2. The van der Waals surface area contributed by atoms with Crippen molar-refractivity contribution >= 4 is 29.7 Å². The fraction of sp³-hybridized carbons (Fsp3) is 0.100. The molecule has 0 amide bonds. The number of rotatable bonds is 2. The third-order valence-electron chi connectivity index (χ3n) is 1.88. The van der Waals surface area contributed by atoms with Gasteiger partial charge >= 0.3 is 0 Å². The van der Waals surface area contributed by atoms with Gasteiger partial charge in [0, 0.05) is 11.3 Å². The molecular weight excluding hydrogens is 180 g/mol. The van der Waals surface area contributed by atoms with E-state index < -0.39 is 0 Å². The molecule has 1 N–H and O–H groups in total. The standard InChI is InChI=1S/C10H10N2S/c13-6-2-4-8-3-1-5-9-10(8)12-7-11-9/h1-5,7,13H,6H2,(H,11,12). The highest BCUT2D eigenvalue weighted by atomic mass is 32.1. The van der Waals surface area contributed by atoms with Crippen LogP contribution in [0.4, 0.5) is 0 Å². The first kappa shape index (κ1) is 8.38. The number of imidazole rings is 1. The predicted octanol–water partition coefficient (Wildman–Crippen LogP) is 2.51. The summed E-state index contributed by atoms with van der Waals surface area (Å²) in [5.41, 5.74) is 3.22.